The Labute approximate surface area is 172 Å². The third kappa shape index (κ3) is 6.64. The molecule has 1 heterocycles. The van der Waals surface area contributed by atoms with E-state index in [1.807, 2.05) is 0 Å². The Hall–Kier alpha value is -2.78. The maximum Gasteiger partial charge on any atom is 0.573 e. The third-order valence-electron chi connectivity index (χ3n) is 4.80. The van der Waals surface area contributed by atoms with Crippen LogP contribution < -0.4 is 15.4 Å². The van der Waals surface area contributed by atoms with Crippen LogP contribution >= 0.6 is 0 Å². The van der Waals surface area contributed by atoms with E-state index in [1.165, 1.54) is 12.1 Å². The second-order valence-electron chi connectivity index (χ2n) is 7.44. The number of imide groups is 1. The van der Waals surface area contributed by atoms with Gasteiger partial charge in [0.1, 0.15) is 17.8 Å². The van der Waals surface area contributed by atoms with Gasteiger partial charge in [0.15, 0.2) is 0 Å². The summed E-state index contributed by atoms with van der Waals surface area (Å²) >= 11 is 0. The van der Waals surface area contributed by atoms with Crippen molar-refractivity contribution in [2.24, 2.45) is 0 Å². The molecule has 166 valence electrons. The zero-order valence-corrected chi connectivity index (χ0v) is 17.0. The number of alkyl halides is 3. The normalized spacial score (nSPS) is 19.0. The van der Waals surface area contributed by atoms with E-state index in [9.17, 15) is 27.6 Å². The van der Waals surface area contributed by atoms with Gasteiger partial charge in [-0.15, -0.1) is 13.2 Å². The van der Waals surface area contributed by atoms with Gasteiger partial charge >= 0.3 is 12.4 Å². The summed E-state index contributed by atoms with van der Waals surface area (Å²) in [6, 6.07) is 3.91. The molecule has 1 fully saturated rings. The molecular formula is C20H26F3N3O4. The highest BCUT2D eigenvalue weighted by molar-refractivity contribution is 6.09. The van der Waals surface area contributed by atoms with Crippen molar-refractivity contribution >= 4 is 23.5 Å². The molecule has 1 aliphatic heterocycles. The summed E-state index contributed by atoms with van der Waals surface area (Å²) in [5.74, 6) is -1.54. The minimum atomic E-state index is -4.81. The largest absolute Gasteiger partial charge is 0.573 e. The molecule has 0 aliphatic carbocycles. The Morgan fingerprint density at radius 1 is 1.13 bits per heavy atom. The summed E-state index contributed by atoms with van der Waals surface area (Å²) in [6.45, 7) is 3.26. The van der Waals surface area contributed by atoms with Gasteiger partial charge in [-0.2, -0.15) is 0 Å². The average molecular weight is 429 g/mol. The van der Waals surface area contributed by atoms with E-state index < -0.39 is 42.0 Å². The predicted octanol–water partition coefficient (Wildman–Crippen LogP) is 4.19. The molecule has 2 N–H and O–H groups in total. The molecule has 1 aliphatic rings. The number of amides is 4. The number of unbranched alkanes of at least 4 members (excludes halogenated alkanes) is 4. The van der Waals surface area contributed by atoms with Crippen molar-refractivity contribution in [2.75, 3.05) is 11.9 Å². The number of nitrogens with zero attached hydrogens (tertiary/aromatic N) is 1. The lowest BCUT2D eigenvalue weighted by Crippen LogP contribution is -2.44. The number of hydrogen-bond acceptors (Lipinski definition) is 4. The molecule has 0 radical (unpaired) electrons. The summed E-state index contributed by atoms with van der Waals surface area (Å²) in [6.07, 6.45) is 0.709. The first-order chi connectivity index (χ1) is 14.0. The van der Waals surface area contributed by atoms with Crippen molar-refractivity contribution in [3.05, 3.63) is 24.3 Å². The van der Waals surface area contributed by atoms with Crippen LogP contribution in [-0.2, 0) is 9.59 Å². The van der Waals surface area contributed by atoms with Crippen molar-refractivity contribution in [3.8, 4) is 5.75 Å². The highest BCUT2D eigenvalue weighted by Crippen LogP contribution is 2.25. The Morgan fingerprint density at radius 2 is 1.77 bits per heavy atom. The van der Waals surface area contributed by atoms with E-state index in [2.05, 4.69) is 22.3 Å². The molecule has 0 spiro atoms. The van der Waals surface area contributed by atoms with Crippen LogP contribution in [-0.4, -0.2) is 41.2 Å². The average Bonchev–Trinajstić information content (AvgIpc) is 2.85. The number of urea groups is 1. The lowest BCUT2D eigenvalue weighted by atomic mass is 9.94. The number of anilines is 1. The highest BCUT2D eigenvalue weighted by atomic mass is 19.4. The Morgan fingerprint density at radius 3 is 2.37 bits per heavy atom. The van der Waals surface area contributed by atoms with Crippen LogP contribution in [0.15, 0.2) is 24.3 Å². The van der Waals surface area contributed by atoms with E-state index in [0.717, 1.165) is 49.1 Å². The monoisotopic (exact) mass is 429 g/mol. The quantitative estimate of drug-likeness (QED) is 0.431. The Bertz CT molecular complexity index is 768. The summed E-state index contributed by atoms with van der Waals surface area (Å²) in [5, 5.41) is 5.10. The molecule has 1 atom stereocenters. The number of nitrogens with one attached hydrogen (secondary N) is 2. The standard InChI is InChI=1S/C20H26F3N3O4/c1-3-4-5-6-7-12-19(2)17(28)26(18(29)25-19)13-16(27)24-14-8-10-15(11-9-14)30-20(21,22)23/h8-11H,3-7,12-13H2,1-2H3,(H,24,27)(H,25,29). The van der Waals surface area contributed by atoms with Crippen LogP contribution in [0.25, 0.3) is 0 Å². The third-order valence-corrected chi connectivity index (χ3v) is 4.80. The van der Waals surface area contributed by atoms with Gasteiger partial charge in [0.05, 0.1) is 0 Å². The second kappa shape index (κ2) is 9.82. The number of benzene rings is 1. The smallest absolute Gasteiger partial charge is 0.406 e. The molecule has 2 rings (SSSR count). The van der Waals surface area contributed by atoms with Gasteiger partial charge in [0.2, 0.25) is 5.91 Å². The first-order valence-electron chi connectivity index (χ1n) is 9.84. The van der Waals surface area contributed by atoms with Gasteiger partial charge < -0.3 is 15.4 Å². The number of carbonyl (C=O) groups is 3. The fraction of sp³-hybridized carbons (Fsp3) is 0.550. The molecule has 30 heavy (non-hydrogen) atoms. The van der Waals surface area contributed by atoms with Gasteiger partial charge in [0, 0.05) is 5.69 Å². The summed E-state index contributed by atoms with van der Waals surface area (Å²) in [5.41, 5.74) is -0.833. The fourth-order valence-electron chi connectivity index (χ4n) is 3.23. The lowest BCUT2D eigenvalue weighted by Gasteiger charge is -2.21. The van der Waals surface area contributed by atoms with Crippen LogP contribution in [0, 0.1) is 0 Å². The zero-order chi connectivity index (χ0) is 22.4. The first kappa shape index (κ1) is 23.5. The van der Waals surface area contributed by atoms with Crippen molar-refractivity contribution < 1.29 is 32.3 Å². The molecule has 1 aromatic carbocycles. The van der Waals surface area contributed by atoms with Crippen LogP contribution in [0.3, 0.4) is 0 Å². The Balaban J connectivity index is 1.88. The van der Waals surface area contributed by atoms with Crippen molar-refractivity contribution in [3.63, 3.8) is 0 Å². The topological polar surface area (TPSA) is 87.7 Å². The molecule has 4 amide bonds. The van der Waals surface area contributed by atoms with Crippen LogP contribution in [0.5, 0.6) is 5.75 Å². The number of rotatable bonds is 10. The summed E-state index contributed by atoms with van der Waals surface area (Å²) < 4.78 is 40.3. The van der Waals surface area contributed by atoms with Gasteiger partial charge in [-0.1, -0.05) is 39.0 Å². The molecule has 1 saturated heterocycles. The summed E-state index contributed by atoms with van der Waals surface area (Å²) in [7, 11) is 0. The minimum absolute atomic E-state index is 0.209. The van der Waals surface area contributed by atoms with Crippen LogP contribution in [0.1, 0.15) is 52.4 Å². The van der Waals surface area contributed by atoms with E-state index in [4.69, 9.17) is 0 Å². The molecule has 10 heteroatoms. The van der Waals surface area contributed by atoms with E-state index >= 15 is 0 Å². The predicted molar refractivity (Wildman–Crippen MR) is 104 cm³/mol. The van der Waals surface area contributed by atoms with Crippen LogP contribution in [0.2, 0.25) is 0 Å². The van der Waals surface area contributed by atoms with E-state index in [1.54, 1.807) is 6.92 Å². The first-order valence-corrected chi connectivity index (χ1v) is 9.84. The number of ether oxygens (including phenoxy) is 1. The van der Waals surface area contributed by atoms with Gasteiger partial charge in [0.25, 0.3) is 5.91 Å². The molecule has 1 aromatic rings. The molecule has 1 unspecified atom stereocenters. The Kier molecular flexibility index (Phi) is 7.69. The van der Waals surface area contributed by atoms with E-state index in [-0.39, 0.29) is 5.69 Å². The molecule has 0 bridgehead atoms. The van der Waals surface area contributed by atoms with Gasteiger partial charge in [-0.05, 0) is 37.6 Å². The number of hydrogen-bond donors (Lipinski definition) is 2. The molecule has 0 saturated carbocycles. The van der Waals surface area contributed by atoms with Crippen LogP contribution in [0.4, 0.5) is 23.7 Å². The van der Waals surface area contributed by atoms with E-state index in [0.29, 0.717) is 6.42 Å². The molecule has 0 aromatic heterocycles. The van der Waals surface area contributed by atoms with Crippen molar-refractivity contribution in [2.45, 2.75) is 64.3 Å². The number of carbonyl (C=O) groups excluding carboxylic acids is 3. The molecule has 7 nitrogen and oxygen atoms in total. The maximum atomic E-state index is 12.7. The van der Waals surface area contributed by atoms with Crippen molar-refractivity contribution in [1.29, 1.82) is 0 Å². The summed E-state index contributed by atoms with van der Waals surface area (Å²) in [4.78, 5) is 37.9. The SMILES string of the molecule is CCCCCCCC1(C)NC(=O)N(CC(=O)Nc2ccc(OC(F)(F)F)cc2)C1=O. The maximum absolute atomic E-state index is 12.7. The van der Waals surface area contributed by atoms with Gasteiger partial charge in [-0.3, -0.25) is 14.5 Å². The zero-order valence-electron chi connectivity index (χ0n) is 17.0. The minimum Gasteiger partial charge on any atom is -0.406 e. The lowest BCUT2D eigenvalue weighted by molar-refractivity contribution is -0.274. The number of halogens is 3. The van der Waals surface area contributed by atoms with Crippen molar-refractivity contribution in [1.82, 2.24) is 10.2 Å². The van der Waals surface area contributed by atoms with Gasteiger partial charge in [-0.25, -0.2) is 4.79 Å². The molecular weight excluding hydrogens is 403 g/mol. The highest BCUT2D eigenvalue weighted by Gasteiger charge is 2.47. The fourth-order valence-corrected chi connectivity index (χ4v) is 3.23. The second-order valence-corrected chi connectivity index (χ2v) is 7.44.